The zero-order valence-electron chi connectivity index (χ0n) is 10.4. The van der Waals surface area contributed by atoms with Crippen molar-refractivity contribution in [1.82, 2.24) is 19.5 Å². The molecule has 1 aliphatic heterocycles. The van der Waals surface area contributed by atoms with Gasteiger partial charge in [-0.05, 0) is 15.9 Å². The van der Waals surface area contributed by atoms with Crippen LogP contribution in [0.15, 0.2) is 9.53 Å². The van der Waals surface area contributed by atoms with Crippen molar-refractivity contribution in [3.05, 3.63) is 15.1 Å². The molecule has 1 unspecified atom stereocenters. The predicted octanol–water partition coefficient (Wildman–Crippen LogP) is -0.947. The Labute approximate surface area is 124 Å². The summed E-state index contributed by atoms with van der Waals surface area (Å²) in [4.78, 5) is 21.9. The second-order valence-electron chi connectivity index (χ2n) is 4.56. The summed E-state index contributed by atoms with van der Waals surface area (Å²) >= 11 is 3.11. The van der Waals surface area contributed by atoms with Crippen molar-refractivity contribution < 1.29 is 19.3 Å². The van der Waals surface area contributed by atoms with Gasteiger partial charge in [0.1, 0.15) is 12.2 Å². The Morgan fingerprint density at radius 1 is 1.52 bits per heavy atom. The van der Waals surface area contributed by atoms with Crippen LogP contribution in [0.4, 0.5) is 10.3 Å². The number of nitrogen functional groups attached to an aromatic ring is 1. The van der Waals surface area contributed by atoms with Crippen LogP contribution < -0.4 is 11.3 Å². The maximum absolute atomic E-state index is 13.8. The Balaban J connectivity index is 2.17. The molecule has 1 aliphatic rings. The number of hydrogen-bond donors (Lipinski definition) is 4. The Hall–Kier alpha value is -1.56. The highest BCUT2D eigenvalue weighted by Crippen LogP contribution is 2.35. The summed E-state index contributed by atoms with van der Waals surface area (Å²) in [5, 5.41) is 19.0. The third kappa shape index (κ3) is 2.12. The fourth-order valence-corrected chi connectivity index (χ4v) is 2.82. The molecule has 0 amide bonds. The van der Waals surface area contributed by atoms with Gasteiger partial charge in [0.15, 0.2) is 28.3 Å². The van der Waals surface area contributed by atoms with Crippen LogP contribution in [0, 0.1) is 0 Å². The minimum Gasteiger partial charge on any atom is -0.394 e. The van der Waals surface area contributed by atoms with Gasteiger partial charge in [-0.1, -0.05) is 0 Å². The van der Waals surface area contributed by atoms with E-state index < -0.39 is 36.8 Å². The molecule has 0 aromatic carbocycles. The lowest BCUT2D eigenvalue weighted by Gasteiger charge is -2.17. The van der Waals surface area contributed by atoms with Gasteiger partial charge in [-0.15, -0.1) is 0 Å². The number of ether oxygens (including phenoxy) is 1. The Morgan fingerprint density at radius 3 is 2.86 bits per heavy atom. The standard InChI is InChI=1S/C10H11BrFN5O4/c11-9-14-4-6(15-10(13)16-7(4)20)17(9)8-5(19)3(12)2(1-18)21-8/h2-3,5,8,18-19H,1H2,(H3,13,15,16,20)/t2-,3?,5+,8-/m1/s1. The highest BCUT2D eigenvalue weighted by molar-refractivity contribution is 9.10. The summed E-state index contributed by atoms with van der Waals surface area (Å²) in [5.41, 5.74) is 4.91. The maximum atomic E-state index is 13.8. The molecule has 0 spiro atoms. The van der Waals surface area contributed by atoms with E-state index in [9.17, 15) is 14.3 Å². The van der Waals surface area contributed by atoms with Crippen LogP contribution in [0.25, 0.3) is 11.2 Å². The molecule has 9 nitrogen and oxygen atoms in total. The maximum Gasteiger partial charge on any atom is 0.280 e. The quantitative estimate of drug-likeness (QED) is 0.504. The highest BCUT2D eigenvalue weighted by Gasteiger charge is 2.46. The average molecular weight is 364 g/mol. The molecular formula is C10H11BrFN5O4. The number of H-pyrrole nitrogens is 1. The van der Waals surface area contributed by atoms with Gasteiger partial charge in [-0.25, -0.2) is 9.37 Å². The van der Waals surface area contributed by atoms with Crippen molar-refractivity contribution in [2.75, 3.05) is 12.3 Å². The molecule has 11 heteroatoms. The normalized spacial score (nSPS) is 29.3. The number of aliphatic hydroxyl groups excluding tert-OH is 2. The molecule has 5 N–H and O–H groups in total. The molecule has 2 aromatic heterocycles. The van der Waals surface area contributed by atoms with Gasteiger partial charge in [-0.3, -0.25) is 14.3 Å². The molecule has 0 radical (unpaired) electrons. The second kappa shape index (κ2) is 5.02. The number of anilines is 1. The van der Waals surface area contributed by atoms with E-state index in [1.165, 1.54) is 4.57 Å². The third-order valence-corrected chi connectivity index (χ3v) is 3.81. The van der Waals surface area contributed by atoms with Crippen LogP contribution >= 0.6 is 15.9 Å². The lowest BCUT2D eigenvalue weighted by Crippen LogP contribution is -2.29. The van der Waals surface area contributed by atoms with Gasteiger partial charge in [0.25, 0.3) is 5.56 Å². The number of fused-ring (bicyclic) bond motifs is 1. The van der Waals surface area contributed by atoms with Crippen molar-refractivity contribution in [2.24, 2.45) is 0 Å². The number of nitrogens with two attached hydrogens (primary N) is 1. The summed E-state index contributed by atoms with van der Waals surface area (Å²) in [5.74, 6) is -0.149. The van der Waals surface area contributed by atoms with E-state index in [4.69, 9.17) is 15.6 Å². The number of aromatic amines is 1. The predicted molar refractivity (Wildman–Crippen MR) is 72.2 cm³/mol. The van der Waals surface area contributed by atoms with Crippen LogP contribution in [-0.4, -0.2) is 54.7 Å². The van der Waals surface area contributed by atoms with E-state index >= 15 is 0 Å². The number of hydrogen-bond acceptors (Lipinski definition) is 7. The number of alkyl halides is 1. The van der Waals surface area contributed by atoms with Crippen molar-refractivity contribution in [2.45, 2.75) is 24.6 Å². The van der Waals surface area contributed by atoms with Gasteiger partial charge in [0.2, 0.25) is 5.95 Å². The lowest BCUT2D eigenvalue weighted by molar-refractivity contribution is -0.0506. The zero-order chi connectivity index (χ0) is 15.3. The van der Waals surface area contributed by atoms with Crippen molar-refractivity contribution in [1.29, 1.82) is 0 Å². The Morgan fingerprint density at radius 2 is 2.24 bits per heavy atom. The topological polar surface area (TPSA) is 139 Å². The number of aliphatic hydroxyl groups is 2. The smallest absolute Gasteiger partial charge is 0.280 e. The van der Waals surface area contributed by atoms with Crippen LogP contribution in [0.1, 0.15) is 6.23 Å². The highest BCUT2D eigenvalue weighted by atomic mass is 79.9. The molecule has 2 aromatic rings. The van der Waals surface area contributed by atoms with Crippen LogP contribution in [-0.2, 0) is 4.74 Å². The summed E-state index contributed by atoms with van der Waals surface area (Å²) < 4.78 is 20.4. The molecule has 1 saturated heterocycles. The van der Waals surface area contributed by atoms with E-state index in [0.717, 1.165) is 0 Å². The first-order valence-electron chi connectivity index (χ1n) is 5.95. The lowest BCUT2D eigenvalue weighted by atomic mass is 10.1. The summed E-state index contributed by atoms with van der Waals surface area (Å²) in [6.07, 6.45) is -5.68. The van der Waals surface area contributed by atoms with Gasteiger partial charge >= 0.3 is 0 Å². The van der Waals surface area contributed by atoms with Gasteiger partial charge in [0.05, 0.1) is 6.61 Å². The largest absolute Gasteiger partial charge is 0.394 e. The Bertz CT molecular complexity index is 749. The van der Waals surface area contributed by atoms with Crippen LogP contribution in [0.2, 0.25) is 0 Å². The second-order valence-corrected chi connectivity index (χ2v) is 5.27. The Kier molecular flexibility index (Phi) is 3.43. The third-order valence-electron chi connectivity index (χ3n) is 3.25. The summed E-state index contributed by atoms with van der Waals surface area (Å²) in [7, 11) is 0. The molecule has 0 aliphatic carbocycles. The molecule has 21 heavy (non-hydrogen) atoms. The van der Waals surface area contributed by atoms with Crippen molar-refractivity contribution >= 4 is 33.0 Å². The molecule has 0 bridgehead atoms. The zero-order valence-corrected chi connectivity index (χ0v) is 12.0. The fourth-order valence-electron chi connectivity index (χ4n) is 2.27. The fraction of sp³-hybridized carbons (Fsp3) is 0.500. The van der Waals surface area contributed by atoms with Gasteiger partial charge in [-0.2, -0.15) is 4.98 Å². The van der Waals surface area contributed by atoms with Gasteiger partial charge in [0, 0.05) is 0 Å². The van der Waals surface area contributed by atoms with E-state index in [0.29, 0.717) is 0 Å². The molecule has 3 heterocycles. The molecule has 4 atom stereocenters. The molecule has 0 saturated carbocycles. The first-order chi connectivity index (χ1) is 9.93. The van der Waals surface area contributed by atoms with E-state index in [2.05, 4.69) is 30.9 Å². The van der Waals surface area contributed by atoms with Crippen LogP contribution in [0.5, 0.6) is 0 Å². The molecule has 114 valence electrons. The number of nitrogens with zero attached hydrogens (tertiary/aromatic N) is 3. The van der Waals surface area contributed by atoms with E-state index in [1.54, 1.807) is 0 Å². The minimum absolute atomic E-state index is 0.0327. The average Bonchev–Trinajstić information content (AvgIpc) is 2.89. The molecular weight excluding hydrogens is 353 g/mol. The SMILES string of the molecule is Nc1nc2c(nc(Br)n2[C@@H]2O[C@H](CO)C(F)[C@@H]2O)c(=O)[nH]1. The first kappa shape index (κ1) is 14.4. The molecule has 1 fully saturated rings. The summed E-state index contributed by atoms with van der Waals surface area (Å²) in [6.45, 7) is -0.588. The number of nitrogens with one attached hydrogen (secondary N) is 1. The monoisotopic (exact) mass is 363 g/mol. The van der Waals surface area contributed by atoms with Gasteiger partial charge < -0.3 is 20.7 Å². The van der Waals surface area contributed by atoms with Crippen LogP contribution in [0.3, 0.4) is 0 Å². The first-order valence-corrected chi connectivity index (χ1v) is 6.75. The van der Waals surface area contributed by atoms with E-state index in [1.807, 2.05) is 0 Å². The van der Waals surface area contributed by atoms with Crippen molar-refractivity contribution in [3.63, 3.8) is 0 Å². The number of halogens is 2. The molecule has 3 rings (SSSR count). The minimum atomic E-state index is -1.77. The number of rotatable bonds is 2. The summed E-state index contributed by atoms with van der Waals surface area (Å²) in [6, 6.07) is 0. The van der Waals surface area contributed by atoms with Crippen molar-refractivity contribution in [3.8, 4) is 0 Å². The number of imidazole rings is 1. The number of aromatic nitrogens is 4. The van der Waals surface area contributed by atoms with E-state index in [-0.39, 0.29) is 21.8 Å².